The molecule has 2 rings (SSSR count). The predicted molar refractivity (Wildman–Crippen MR) is 38.0 cm³/mol. The number of rotatable bonds is 0. The molecule has 0 saturated carbocycles. The summed E-state index contributed by atoms with van der Waals surface area (Å²) < 4.78 is 1.92. The molecule has 0 aromatic carbocycles. The number of piperidine rings is 1. The molecule has 0 aromatic rings. The second-order valence-corrected chi connectivity index (χ2v) is 2.87. The first-order valence-electron chi connectivity index (χ1n) is 3.71. The zero-order valence-electron chi connectivity index (χ0n) is 6.17. The van der Waals surface area contributed by atoms with Gasteiger partial charge in [-0.15, -0.1) is 0 Å². The van der Waals surface area contributed by atoms with Crippen LogP contribution in [-0.4, -0.2) is 30.9 Å². The number of nitrogens with one attached hydrogen (secondary N) is 1. The van der Waals surface area contributed by atoms with E-state index in [4.69, 9.17) is 0 Å². The van der Waals surface area contributed by atoms with Crippen molar-refractivity contribution in [1.82, 2.24) is 5.32 Å². The van der Waals surface area contributed by atoms with E-state index in [1.54, 1.807) is 0 Å². The molecule has 2 heterocycles. The third kappa shape index (κ3) is 0.865. The average molecular weight is 138 g/mol. The molecule has 0 spiro atoms. The van der Waals surface area contributed by atoms with E-state index in [0.29, 0.717) is 6.04 Å². The summed E-state index contributed by atoms with van der Waals surface area (Å²) in [4.78, 5) is 0. The largest absolute Gasteiger partial charge is 0.313 e. The van der Waals surface area contributed by atoms with E-state index < -0.39 is 0 Å². The van der Waals surface area contributed by atoms with E-state index in [2.05, 4.69) is 16.6 Å². The van der Waals surface area contributed by atoms with Crippen LogP contribution in [0, 0.1) is 0 Å². The minimum atomic E-state index is 0.492. The van der Waals surface area contributed by atoms with Crippen LogP contribution in [0.15, 0.2) is 16.9 Å². The maximum Gasteiger partial charge on any atom is 0.198 e. The fourth-order valence-electron chi connectivity index (χ4n) is 1.53. The maximum atomic E-state index is 4.41. The topological polar surface area (TPSA) is 27.4 Å². The third-order valence-electron chi connectivity index (χ3n) is 2.03. The first-order chi connectivity index (χ1) is 4.86. The van der Waals surface area contributed by atoms with Gasteiger partial charge in [0.1, 0.15) is 6.04 Å². The summed E-state index contributed by atoms with van der Waals surface area (Å²) in [6.45, 7) is 2.14. The maximum absolute atomic E-state index is 4.41. The molecule has 3 nitrogen and oxygen atoms in total. The van der Waals surface area contributed by atoms with Crippen molar-refractivity contribution in [3.05, 3.63) is 11.8 Å². The number of hydrogen-bond donors (Lipinski definition) is 1. The minimum absolute atomic E-state index is 0.492. The number of fused-ring (bicyclic) bond motifs is 1. The fourth-order valence-corrected chi connectivity index (χ4v) is 1.53. The van der Waals surface area contributed by atoms with Crippen molar-refractivity contribution < 1.29 is 4.70 Å². The van der Waals surface area contributed by atoms with Gasteiger partial charge in [0.15, 0.2) is 13.2 Å². The van der Waals surface area contributed by atoms with Gasteiger partial charge in [0.2, 0.25) is 0 Å². The molecule has 1 atom stereocenters. The van der Waals surface area contributed by atoms with Crippen molar-refractivity contribution in [3.8, 4) is 0 Å². The smallest absolute Gasteiger partial charge is 0.198 e. The lowest BCUT2D eigenvalue weighted by Crippen LogP contribution is -2.31. The van der Waals surface area contributed by atoms with E-state index >= 15 is 0 Å². The molecule has 0 bridgehead atoms. The Balaban J connectivity index is 2.20. The summed E-state index contributed by atoms with van der Waals surface area (Å²) in [6.07, 6.45) is 3.28. The standard InChI is InChI=1S/C7H12N3/c1-10-5-6-4-8-3-2-7(6)9-10/h5,7-8H,2-4H2,1H3/q+1. The lowest BCUT2D eigenvalue weighted by atomic mass is 10.0. The molecule has 3 heteroatoms. The molecule has 0 aliphatic carbocycles. The molecule has 1 saturated heterocycles. The van der Waals surface area contributed by atoms with E-state index in [-0.39, 0.29) is 0 Å². The third-order valence-corrected chi connectivity index (χ3v) is 2.03. The summed E-state index contributed by atoms with van der Waals surface area (Å²) in [7, 11) is 1.99. The molecule has 1 unspecified atom stereocenters. The second kappa shape index (κ2) is 2.16. The van der Waals surface area contributed by atoms with Crippen LogP contribution in [0.25, 0.3) is 0 Å². The number of nitrogens with zero attached hydrogens (tertiary/aromatic N) is 2. The molecule has 0 aromatic heterocycles. The van der Waals surface area contributed by atoms with Crippen molar-refractivity contribution in [1.29, 1.82) is 0 Å². The van der Waals surface area contributed by atoms with Crippen LogP contribution in [0.2, 0.25) is 0 Å². The normalized spacial score (nSPS) is 31.1. The Kier molecular flexibility index (Phi) is 1.31. The highest BCUT2D eigenvalue weighted by Gasteiger charge is 2.27. The average Bonchev–Trinajstić information content (AvgIpc) is 2.27. The summed E-state index contributed by atoms with van der Waals surface area (Å²) in [5.41, 5.74) is 1.44. The number of hydrogen-bond acceptors (Lipinski definition) is 2. The van der Waals surface area contributed by atoms with Crippen LogP contribution >= 0.6 is 0 Å². The monoisotopic (exact) mass is 138 g/mol. The van der Waals surface area contributed by atoms with Crippen LogP contribution in [0.3, 0.4) is 0 Å². The molecule has 10 heavy (non-hydrogen) atoms. The molecule has 2 aliphatic rings. The van der Waals surface area contributed by atoms with Crippen LogP contribution in [0.5, 0.6) is 0 Å². The van der Waals surface area contributed by atoms with Gasteiger partial charge in [-0.2, -0.15) is 0 Å². The molecule has 2 aliphatic heterocycles. The van der Waals surface area contributed by atoms with E-state index in [1.165, 1.54) is 5.57 Å². The van der Waals surface area contributed by atoms with Crippen molar-refractivity contribution in [2.24, 2.45) is 5.11 Å². The zero-order chi connectivity index (χ0) is 6.97. The number of azo groups is 2. The lowest BCUT2D eigenvalue weighted by Gasteiger charge is -2.14. The van der Waals surface area contributed by atoms with Gasteiger partial charge in [-0.05, 0) is 18.1 Å². The Morgan fingerprint density at radius 2 is 2.70 bits per heavy atom. The zero-order valence-corrected chi connectivity index (χ0v) is 6.17. The Morgan fingerprint density at radius 3 is 3.50 bits per heavy atom. The van der Waals surface area contributed by atoms with E-state index in [9.17, 15) is 0 Å². The Hall–Kier alpha value is -0.700. The molecular weight excluding hydrogens is 126 g/mol. The summed E-state index contributed by atoms with van der Waals surface area (Å²) in [5.74, 6) is 0. The molecule has 54 valence electrons. The molecule has 1 fully saturated rings. The van der Waals surface area contributed by atoms with Gasteiger partial charge in [-0.1, -0.05) is 4.70 Å². The fraction of sp³-hybridized carbons (Fsp3) is 0.714. The van der Waals surface area contributed by atoms with Gasteiger partial charge in [-0.25, -0.2) is 0 Å². The van der Waals surface area contributed by atoms with Gasteiger partial charge in [0.05, 0.1) is 0 Å². The predicted octanol–water partition coefficient (Wildman–Crippen LogP) is 0.340. The van der Waals surface area contributed by atoms with Crippen LogP contribution < -0.4 is 5.32 Å². The summed E-state index contributed by atoms with van der Waals surface area (Å²) >= 11 is 0. The van der Waals surface area contributed by atoms with Crippen LogP contribution in [0.1, 0.15) is 6.42 Å². The minimum Gasteiger partial charge on any atom is -0.313 e. The van der Waals surface area contributed by atoms with Crippen molar-refractivity contribution in [2.75, 3.05) is 20.1 Å². The highest BCUT2D eigenvalue weighted by atomic mass is 15.3. The summed E-state index contributed by atoms with van der Waals surface area (Å²) in [6, 6.07) is 0.492. The Labute approximate surface area is 60.4 Å². The Bertz CT molecular complexity index is 205. The van der Waals surface area contributed by atoms with E-state index in [0.717, 1.165) is 19.5 Å². The van der Waals surface area contributed by atoms with Gasteiger partial charge in [0, 0.05) is 12.1 Å². The van der Waals surface area contributed by atoms with Crippen LogP contribution in [0.4, 0.5) is 0 Å². The van der Waals surface area contributed by atoms with Gasteiger partial charge < -0.3 is 5.32 Å². The first kappa shape index (κ1) is 6.04. The highest BCUT2D eigenvalue weighted by Crippen LogP contribution is 2.18. The van der Waals surface area contributed by atoms with Crippen molar-refractivity contribution in [3.63, 3.8) is 0 Å². The lowest BCUT2D eigenvalue weighted by molar-refractivity contribution is -0.493. The highest BCUT2D eigenvalue weighted by molar-refractivity contribution is 5.13. The van der Waals surface area contributed by atoms with Crippen LogP contribution in [-0.2, 0) is 0 Å². The van der Waals surface area contributed by atoms with Gasteiger partial charge in [-0.3, -0.25) is 0 Å². The van der Waals surface area contributed by atoms with Gasteiger partial charge >= 0.3 is 0 Å². The van der Waals surface area contributed by atoms with Crippen molar-refractivity contribution in [2.45, 2.75) is 12.5 Å². The molecule has 1 N–H and O–H groups in total. The second-order valence-electron chi connectivity index (χ2n) is 2.87. The van der Waals surface area contributed by atoms with Gasteiger partial charge in [0.25, 0.3) is 0 Å². The molecule has 0 radical (unpaired) electrons. The molecule has 0 amide bonds. The Morgan fingerprint density at radius 1 is 1.80 bits per heavy atom. The van der Waals surface area contributed by atoms with Crippen molar-refractivity contribution >= 4 is 0 Å². The first-order valence-corrected chi connectivity index (χ1v) is 3.71. The quantitative estimate of drug-likeness (QED) is 0.480. The SMILES string of the molecule is C[N+]1=NC2CCNCC2=C1. The summed E-state index contributed by atoms with van der Waals surface area (Å²) in [5, 5.41) is 7.73. The van der Waals surface area contributed by atoms with E-state index in [1.807, 2.05) is 11.7 Å². The molecular formula is C7H12N3+.